The third-order valence-electron chi connectivity index (χ3n) is 8.41. The van der Waals surface area contributed by atoms with Crippen LogP contribution in [-0.4, -0.2) is 38.9 Å². The van der Waals surface area contributed by atoms with Crippen LogP contribution in [0.25, 0.3) is 11.1 Å². The maximum atomic E-state index is 13.9. The van der Waals surface area contributed by atoms with Gasteiger partial charge in [-0.3, -0.25) is 9.59 Å². The Morgan fingerprint density at radius 2 is 1.90 bits per heavy atom. The molecule has 1 N–H and O–H groups in total. The quantitative estimate of drug-likeness (QED) is 0.774. The van der Waals surface area contributed by atoms with Gasteiger partial charge in [-0.15, -0.1) is 0 Å². The Morgan fingerprint density at radius 3 is 2.68 bits per heavy atom. The van der Waals surface area contributed by atoms with Crippen LogP contribution in [0.2, 0.25) is 0 Å². The molecule has 4 atom stereocenters. The van der Waals surface area contributed by atoms with E-state index in [1.807, 2.05) is 28.5 Å². The Bertz CT molecular complexity index is 985. The maximum Gasteiger partial charge on any atom is 0.271 e. The second-order valence-corrected chi connectivity index (χ2v) is 10.4. The van der Waals surface area contributed by atoms with E-state index in [1.54, 1.807) is 6.26 Å². The highest BCUT2D eigenvalue weighted by Gasteiger charge is 2.51. The average molecular weight is 426 g/mol. The van der Waals surface area contributed by atoms with Gasteiger partial charge in [-0.05, 0) is 38.0 Å². The molecule has 2 aromatic heterocycles. The van der Waals surface area contributed by atoms with Gasteiger partial charge in [0.1, 0.15) is 11.2 Å². The molecule has 0 radical (unpaired) electrons. The van der Waals surface area contributed by atoms with Crippen LogP contribution in [-0.2, 0) is 11.3 Å². The van der Waals surface area contributed by atoms with Gasteiger partial charge in [-0.25, -0.2) is 0 Å². The summed E-state index contributed by atoms with van der Waals surface area (Å²) in [4.78, 5) is 29.6. The molecule has 2 amide bonds. The third-order valence-corrected chi connectivity index (χ3v) is 8.41. The van der Waals surface area contributed by atoms with Crippen molar-refractivity contribution in [3.05, 3.63) is 24.1 Å². The van der Waals surface area contributed by atoms with Crippen LogP contribution in [0.15, 0.2) is 22.8 Å². The van der Waals surface area contributed by atoms with E-state index >= 15 is 0 Å². The first-order valence-electron chi connectivity index (χ1n) is 12.1. The van der Waals surface area contributed by atoms with Gasteiger partial charge >= 0.3 is 0 Å². The van der Waals surface area contributed by atoms with Crippen molar-refractivity contribution in [2.75, 3.05) is 0 Å². The van der Waals surface area contributed by atoms with Crippen molar-refractivity contribution >= 4 is 22.9 Å². The van der Waals surface area contributed by atoms with E-state index in [0.29, 0.717) is 29.7 Å². The molecule has 1 aliphatic heterocycles. The summed E-state index contributed by atoms with van der Waals surface area (Å²) in [5.74, 6) is 1.02. The summed E-state index contributed by atoms with van der Waals surface area (Å²) in [7, 11) is 0. The molecule has 3 heterocycles. The van der Waals surface area contributed by atoms with Crippen molar-refractivity contribution < 1.29 is 14.0 Å². The molecule has 4 unspecified atom stereocenters. The van der Waals surface area contributed by atoms with Gasteiger partial charge in [0.15, 0.2) is 5.58 Å². The number of carbonyl (C=O) groups excluding carboxylic acids is 2. The lowest BCUT2D eigenvalue weighted by atomic mass is 9.77. The Labute approximate surface area is 184 Å². The molecule has 0 bridgehead atoms. The highest BCUT2D eigenvalue weighted by molar-refractivity contribution is 6.03. The van der Waals surface area contributed by atoms with Crippen LogP contribution in [0.1, 0.15) is 82.6 Å². The number of hydrogen-bond donors (Lipinski definition) is 1. The first-order valence-corrected chi connectivity index (χ1v) is 12.1. The summed E-state index contributed by atoms with van der Waals surface area (Å²) in [5, 5.41) is 3.39. The molecule has 6 heteroatoms. The summed E-state index contributed by atoms with van der Waals surface area (Å²) >= 11 is 0. The number of nitrogens with one attached hydrogen (secondary N) is 1. The minimum atomic E-state index is -0.907. The minimum Gasteiger partial charge on any atom is -0.463 e. The van der Waals surface area contributed by atoms with Crippen molar-refractivity contribution in [1.82, 2.24) is 14.8 Å². The lowest BCUT2D eigenvalue weighted by Crippen LogP contribution is -2.68. The fourth-order valence-corrected chi connectivity index (χ4v) is 6.26. The lowest BCUT2D eigenvalue weighted by Gasteiger charge is -2.49. The molecule has 0 aromatic carbocycles. The molecule has 2 saturated carbocycles. The van der Waals surface area contributed by atoms with Gasteiger partial charge in [-0.1, -0.05) is 46.0 Å². The van der Waals surface area contributed by atoms with Crippen molar-refractivity contribution in [3.63, 3.8) is 0 Å². The molecular weight excluding hydrogens is 390 g/mol. The monoisotopic (exact) mass is 425 g/mol. The smallest absolute Gasteiger partial charge is 0.271 e. The number of nitrogens with zero attached hydrogens (tertiary/aromatic N) is 2. The summed E-state index contributed by atoms with van der Waals surface area (Å²) in [6, 6.07) is 4.03. The summed E-state index contributed by atoms with van der Waals surface area (Å²) in [6.07, 6.45) is 10.4. The van der Waals surface area contributed by atoms with E-state index in [9.17, 15) is 9.59 Å². The Kier molecular flexibility index (Phi) is 5.14. The second kappa shape index (κ2) is 7.72. The molecule has 0 spiro atoms. The van der Waals surface area contributed by atoms with Crippen LogP contribution >= 0.6 is 0 Å². The molecule has 31 heavy (non-hydrogen) atoms. The predicted molar refractivity (Wildman–Crippen MR) is 120 cm³/mol. The van der Waals surface area contributed by atoms with E-state index in [4.69, 9.17) is 4.42 Å². The number of hydrogen-bond acceptors (Lipinski definition) is 3. The molecule has 6 nitrogen and oxygen atoms in total. The number of fused-ring (bicyclic) bond motifs is 3. The van der Waals surface area contributed by atoms with Gasteiger partial charge in [0.2, 0.25) is 5.91 Å². The van der Waals surface area contributed by atoms with Gasteiger partial charge in [0.25, 0.3) is 5.91 Å². The van der Waals surface area contributed by atoms with Gasteiger partial charge in [0, 0.05) is 24.2 Å². The molecule has 5 rings (SSSR count). The van der Waals surface area contributed by atoms with E-state index in [2.05, 4.69) is 19.2 Å². The van der Waals surface area contributed by atoms with E-state index in [1.165, 1.54) is 12.8 Å². The standard InChI is InChI=1S/C25H35N3O3/c1-16-8-7-11-19(17(16)2)26-24(30)25(3)15-27-20-12-13-31-22(20)14-21(27)23(29)28(25)18-9-5-4-6-10-18/h12-14,16-19H,4-11,15H2,1-3H3,(H,26,30). The number of carbonyl (C=O) groups is 2. The topological polar surface area (TPSA) is 67.5 Å². The van der Waals surface area contributed by atoms with E-state index in [0.717, 1.165) is 44.0 Å². The normalized spacial score (nSPS) is 32.3. The highest BCUT2D eigenvalue weighted by atomic mass is 16.3. The number of furan rings is 1. The molecule has 2 aromatic rings. The van der Waals surface area contributed by atoms with Gasteiger partial charge in [0.05, 0.1) is 18.3 Å². The molecule has 2 fully saturated rings. The van der Waals surface area contributed by atoms with Gasteiger partial charge in [-0.2, -0.15) is 0 Å². The summed E-state index contributed by atoms with van der Waals surface area (Å²) in [6.45, 7) is 6.97. The molecular formula is C25H35N3O3. The zero-order chi connectivity index (χ0) is 21.8. The predicted octanol–water partition coefficient (Wildman–Crippen LogP) is 4.72. The minimum absolute atomic E-state index is 0.00614. The third kappa shape index (κ3) is 3.30. The van der Waals surface area contributed by atoms with E-state index in [-0.39, 0.29) is 23.9 Å². The first kappa shape index (κ1) is 20.7. The van der Waals surface area contributed by atoms with Crippen LogP contribution < -0.4 is 5.32 Å². The number of rotatable bonds is 3. The zero-order valence-corrected chi connectivity index (χ0v) is 19.0. The van der Waals surface area contributed by atoms with Crippen LogP contribution in [0, 0.1) is 11.8 Å². The van der Waals surface area contributed by atoms with Crippen LogP contribution in [0.3, 0.4) is 0 Å². The molecule has 3 aliphatic rings. The SMILES string of the molecule is CC1CCCC(NC(=O)C2(C)Cn3c(cc4occc43)C(=O)N2C2CCCCC2)C1C. The van der Waals surface area contributed by atoms with Crippen molar-refractivity contribution in [2.45, 2.75) is 96.3 Å². The second-order valence-electron chi connectivity index (χ2n) is 10.4. The van der Waals surface area contributed by atoms with Gasteiger partial charge < -0.3 is 19.2 Å². The Balaban J connectivity index is 1.52. The van der Waals surface area contributed by atoms with Crippen molar-refractivity contribution in [2.24, 2.45) is 11.8 Å². The summed E-state index contributed by atoms with van der Waals surface area (Å²) < 4.78 is 7.58. The van der Waals surface area contributed by atoms with E-state index < -0.39 is 5.54 Å². The lowest BCUT2D eigenvalue weighted by molar-refractivity contribution is -0.136. The first-order chi connectivity index (χ1) is 14.9. The molecule has 0 saturated heterocycles. The van der Waals surface area contributed by atoms with Crippen LogP contribution in [0.5, 0.6) is 0 Å². The largest absolute Gasteiger partial charge is 0.463 e. The fraction of sp³-hybridized carbons (Fsp3) is 0.680. The zero-order valence-electron chi connectivity index (χ0n) is 19.0. The number of aromatic nitrogens is 1. The maximum absolute atomic E-state index is 13.9. The fourth-order valence-electron chi connectivity index (χ4n) is 6.26. The Morgan fingerprint density at radius 1 is 1.13 bits per heavy atom. The average Bonchev–Trinajstić information content (AvgIpc) is 3.35. The van der Waals surface area contributed by atoms with Crippen LogP contribution in [0.4, 0.5) is 0 Å². The number of amides is 2. The summed E-state index contributed by atoms with van der Waals surface area (Å²) in [5.41, 5.74) is 1.34. The molecule has 168 valence electrons. The Hall–Kier alpha value is -2.24. The highest BCUT2D eigenvalue weighted by Crippen LogP contribution is 2.38. The van der Waals surface area contributed by atoms with Crippen molar-refractivity contribution in [1.29, 1.82) is 0 Å². The molecule has 2 aliphatic carbocycles. The van der Waals surface area contributed by atoms with Crippen molar-refractivity contribution in [3.8, 4) is 0 Å².